The first-order chi connectivity index (χ1) is 9.33. The van der Waals surface area contributed by atoms with Crippen molar-refractivity contribution in [3.8, 4) is 0 Å². The van der Waals surface area contributed by atoms with E-state index in [2.05, 4.69) is 4.72 Å². The molecule has 0 unspecified atom stereocenters. The molecule has 2 aromatic rings. The van der Waals surface area contributed by atoms with Gasteiger partial charge in [-0.3, -0.25) is 0 Å². The third-order valence-electron chi connectivity index (χ3n) is 3.25. The highest BCUT2D eigenvalue weighted by molar-refractivity contribution is 7.89. The molecule has 5 nitrogen and oxygen atoms in total. The van der Waals surface area contributed by atoms with Gasteiger partial charge in [-0.1, -0.05) is 6.07 Å². The summed E-state index contributed by atoms with van der Waals surface area (Å²) in [4.78, 5) is 0.243. The highest BCUT2D eigenvalue weighted by Gasteiger charge is 2.22. The molecule has 6 heteroatoms. The van der Waals surface area contributed by atoms with Crippen LogP contribution in [0.4, 0.5) is 5.69 Å². The molecule has 20 heavy (non-hydrogen) atoms. The summed E-state index contributed by atoms with van der Waals surface area (Å²) in [6.07, 6.45) is 1.50. The molecule has 0 radical (unpaired) electrons. The SMILES string of the molecule is Cc1cc(C)c(S(=O)(=O)NCc2ccco2)c(C)c1N. The van der Waals surface area contributed by atoms with Crippen molar-refractivity contribution in [3.63, 3.8) is 0 Å². The largest absolute Gasteiger partial charge is 0.468 e. The first kappa shape index (κ1) is 14.6. The molecule has 1 aromatic heterocycles. The number of sulfonamides is 1. The molecule has 2 rings (SSSR count). The van der Waals surface area contributed by atoms with E-state index in [-0.39, 0.29) is 11.4 Å². The van der Waals surface area contributed by atoms with Crippen molar-refractivity contribution < 1.29 is 12.8 Å². The number of hydrogen-bond acceptors (Lipinski definition) is 4. The van der Waals surface area contributed by atoms with Gasteiger partial charge in [0.15, 0.2) is 0 Å². The summed E-state index contributed by atoms with van der Waals surface area (Å²) in [5.41, 5.74) is 8.58. The summed E-state index contributed by atoms with van der Waals surface area (Å²) in [6.45, 7) is 5.46. The zero-order valence-corrected chi connectivity index (χ0v) is 12.5. The van der Waals surface area contributed by atoms with E-state index in [0.29, 0.717) is 22.6 Å². The molecule has 0 amide bonds. The van der Waals surface area contributed by atoms with Crippen molar-refractivity contribution in [2.24, 2.45) is 0 Å². The van der Waals surface area contributed by atoms with Gasteiger partial charge in [-0.15, -0.1) is 0 Å². The minimum atomic E-state index is -3.63. The maximum absolute atomic E-state index is 12.4. The van der Waals surface area contributed by atoms with Gasteiger partial charge in [-0.25, -0.2) is 13.1 Å². The second-order valence-corrected chi connectivity index (χ2v) is 6.49. The Bertz CT molecular complexity index is 719. The number of nitrogen functional groups attached to an aromatic ring is 1. The van der Waals surface area contributed by atoms with E-state index in [1.54, 1.807) is 32.0 Å². The van der Waals surface area contributed by atoms with E-state index in [9.17, 15) is 8.42 Å². The number of nitrogens with one attached hydrogen (secondary N) is 1. The molecule has 0 bridgehead atoms. The van der Waals surface area contributed by atoms with E-state index in [1.807, 2.05) is 6.92 Å². The number of nitrogens with two attached hydrogens (primary N) is 1. The topological polar surface area (TPSA) is 85.3 Å². The Hall–Kier alpha value is -1.79. The van der Waals surface area contributed by atoms with E-state index >= 15 is 0 Å². The predicted octanol–water partition coefficient (Wildman–Crippen LogP) is 2.27. The molecule has 0 saturated heterocycles. The summed E-state index contributed by atoms with van der Waals surface area (Å²) >= 11 is 0. The molecule has 0 aliphatic heterocycles. The second kappa shape index (κ2) is 5.30. The molecule has 0 aliphatic carbocycles. The van der Waals surface area contributed by atoms with Crippen molar-refractivity contribution in [3.05, 3.63) is 46.9 Å². The molecule has 0 spiro atoms. The Kier molecular flexibility index (Phi) is 3.87. The van der Waals surface area contributed by atoms with E-state index < -0.39 is 10.0 Å². The number of hydrogen-bond donors (Lipinski definition) is 2. The Morgan fingerprint density at radius 2 is 1.95 bits per heavy atom. The maximum Gasteiger partial charge on any atom is 0.241 e. The number of furan rings is 1. The van der Waals surface area contributed by atoms with E-state index in [0.717, 1.165) is 5.56 Å². The third-order valence-corrected chi connectivity index (χ3v) is 4.94. The van der Waals surface area contributed by atoms with Gasteiger partial charge in [0.25, 0.3) is 0 Å². The predicted molar refractivity (Wildman–Crippen MR) is 77.8 cm³/mol. The summed E-state index contributed by atoms with van der Waals surface area (Å²) in [5.74, 6) is 0.559. The van der Waals surface area contributed by atoms with Crippen molar-refractivity contribution >= 4 is 15.7 Å². The van der Waals surface area contributed by atoms with Crippen molar-refractivity contribution in [2.75, 3.05) is 5.73 Å². The number of benzene rings is 1. The summed E-state index contributed by atoms with van der Waals surface area (Å²) in [5, 5.41) is 0. The van der Waals surface area contributed by atoms with Crippen molar-refractivity contribution in [2.45, 2.75) is 32.2 Å². The van der Waals surface area contributed by atoms with Crippen LogP contribution < -0.4 is 10.5 Å². The second-order valence-electron chi connectivity index (χ2n) is 4.78. The first-order valence-electron chi connectivity index (χ1n) is 6.21. The van der Waals surface area contributed by atoms with Crippen molar-refractivity contribution in [1.82, 2.24) is 4.72 Å². The highest BCUT2D eigenvalue weighted by atomic mass is 32.2. The molecular weight excluding hydrogens is 276 g/mol. The molecule has 0 aliphatic rings. The van der Waals surface area contributed by atoms with Crippen LogP contribution in [0.1, 0.15) is 22.5 Å². The van der Waals surface area contributed by atoms with E-state index in [1.165, 1.54) is 6.26 Å². The quantitative estimate of drug-likeness (QED) is 0.847. The maximum atomic E-state index is 12.4. The fourth-order valence-electron chi connectivity index (χ4n) is 2.25. The van der Waals surface area contributed by atoms with Gasteiger partial charge in [-0.05, 0) is 49.6 Å². The molecule has 3 N–H and O–H groups in total. The fraction of sp³-hybridized carbons (Fsp3) is 0.286. The molecule has 1 aromatic carbocycles. The Morgan fingerprint density at radius 3 is 2.55 bits per heavy atom. The minimum absolute atomic E-state index is 0.113. The summed E-state index contributed by atoms with van der Waals surface area (Å²) in [7, 11) is -3.63. The van der Waals surface area contributed by atoms with E-state index in [4.69, 9.17) is 10.2 Å². The smallest absolute Gasteiger partial charge is 0.241 e. The van der Waals surface area contributed by atoms with Crippen LogP contribution in [0.15, 0.2) is 33.8 Å². The molecule has 0 atom stereocenters. The third kappa shape index (κ3) is 2.71. The van der Waals surface area contributed by atoms with Crippen LogP contribution in [0, 0.1) is 20.8 Å². The molecule has 0 fully saturated rings. The van der Waals surface area contributed by atoms with Gasteiger partial charge in [0.2, 0.25) is 10.0 Å². The standard InChI is InChI=1S/C14H18N2O3S/c1-9-7-10(2)14(11(3)13(9)15)20(17,18)16-8-12-5-4-6-19-12/h4-7,16H,8,15H2,1-3H3. The lowest BCUT2D eigenvalue weighted by Crippen LogP contribution is -2.25. The average Bonchev–Trinajstić information content (AvgIpc) is 2.86. The minimum Gasteiger partial charge on any atom is -0.468 e. The Morgan fingerprint density at radius 1 is 1.25 bits per heavy atom. The van der Waals surface area contributed by atoms with Crippen LogP contribution in [0.5, 0.6) is 0 Å². The number of anilines is 1. The van der Waals surface area contributed by atoms with Crippen LogP contribution in [-0.4, -0.2) is 8.42 Å². The summed E-state index contributed by atoms with van der Waals surface area (Å²) < 4.78 is 32.5. The van der Waals surface area contributed by atoms with Gasteiger partial charge in [0.1, 0.15) is 5.76 Å². The Balaban J connectivity index is 2.37. The van der Waals surface area contributed by atoms with Crippen LogP contribution >= 0.6 is 0 Å². The monoisotopic (exact) mass is 294 g/mol. The highest BCUT2D eigenvalue weighted by Crippen LogP contribution is 2.27. The van der Waals surface area contributed by atoms with Gasteiger partial charge >= 0.3 is 0 Å². The van der Waals surface area contributed by atoms with Crippen molar-refractivity contribution in [1.29, 1.82) is 0 Å². The summed E-state index contributed by atoms with van der Waals surface area (Å²) in [6, 6.07) is 5.21. The zero-order valence-electron chi connectivity index (χ0n) is 11.7. The van der Waals surface area contributed by atoms with Crippen LogP contribution in [-0.2, 0) is 16.6 Å². The van der Waals surface area contributed by atoms with Crippen LogP contribution in [0.3, 0.4) is 0 Å². The first-order valence-corrected chi connectivity index (χ1v) is 7.69. The number of rotatable bonds is 4. The molecule has 108 valence electrons. The lowest BCUT2D eigenvalue weighted by atomic mass is 10.1. The molecular formula is C14H18N2O3S. The van der Waals surface area contributed by atoms with Crippen LogP contribution in [0.25, 0.3) is 0 Å². The molecule has 1 heterocycles. The fourth-order valence-corrected chi connectivity index (χ4v) is 3.72. The zero-order chi connectivity index (χ0) is 14.9. The number of aryl methyl sites for hydroxylation is 2. The normalized spacial score (nSPS) is 11.8. The van der Waals surface area contributed by atoms with Gasteiger partial charge in [0, 0.05) is 5.69 Å². The molecule has 0 saturated carbocycles. The average molecular weight is 294 g/mol. The van der Waals surface area contributed by atoms with Gasteiger partial charge < -0.3 is 10.2 Å². The lowest BCUT2D eigenvalue weighted by Gasteiger charge is -2.15. The lowest BCUT2D eigenvalue weighted by molar-refractivity contribution is 0.498. The van der Waals surface area contributed by atoms with Gasteiger partial charge in [0.05, 0.1) is 17.7 Å². The van der Waals surface area contributed by atoms with Gasteiger partial charge in [-0.2, -0.15) is 0 Å². The Labute approximate surface area is 118 Å². The van der Waals surface area contributed by atoms with Crippen LogP contribution in [0.2, 0.25) is 0 Å².